The molecule has 0 spiro atoms. The van der Waals surface area contributed by atoms with Crippen molar-refractivity contribution in [1.82, 2.24) is 9.78 Å². The molecule has 1 aliphatic heterocycles. The Kier molecular flexibility index (Phi) is 4.90. The van der Waals surface area contributed by atoms with Crippen LogP contribution in [0, 0.1) is 6.92 Å². The van der Waals surface area contributed by atoms with Gasteiger partial charge in [0.15, 0.2) is 0 Å². The quantitative estimate of drug-likeness (QED) is 0.696. The number of amides is 1. The highest BCUT2D eigenvalue weighted by atomic mass is 32.2. The number of nitrogens with one attached hydrogen (secondary N) is 1. The number of fused-ring (bicyclic) bond motifs is 1. The second kappa shape index (κ2) is 7.26. The van der Waals surface area contributed by atoms with E-state index in [4.69, 9.17) is 0 Å². The van der Waals surface area contributed by atoms with Crippen molar-refractivity contribution in [3.8, 4) is 5.69 Å². The van der Waals surface area contributed by atoms with Crippen LogP contribution in [0.2, 0.25) is 0 Å². The molecule has 3 aromatic rings. The number of nitrogens with zero attached hydrogens (tertiary/aromatic N) is 2. The Morgan fingerprint density at radius 3 is 2.31 bits per heavy atom. The molecule has 0 radical (unpaired) electrons. The summed E-state index contributed by atoms with van der Waals surface area (Å²) in [6, 6.07) is 15.7. The van der Waals surface area contributed by atoms with Crippen LogP contribution >= 0.6 is 0 Å². The van der Waals surface area contributed by atoms with Crippen LogP contribution in [0.4, 0.5) is 5.82 Å². The third kappa shape index (κ3) is 3.90. The fourth-order valence-electron chi connectivity index (χ4n) is 3.43. The predicted octanol–water partition coefficient (Wildman–Crippen LogP) is 4.49. The lowest BCUT2D eigenvalue weighted by Crippen LogP contribution is -2.17. The predicted molar refractivity (Wildman–Crippen MR) is 117 cm³/mol. The average molecular weight is 408 g/mol. The first kappa shape index (κ1) is 19.6. The number of hydrogen-bond acceptors (Lipinski definition) is 3. The summed E-state index contributed by atoms with van der Waals surface area (Å²) in [5.74, 6) is 1.26. The number of rotatable bonds is 3. The van der Waals surface area contributed by atoms with Crippen molar-refractivity contribution in [2.45, 2.75) is 44.6 Å². The van der Waals surface area contributed by atoms with E-state index in [-0.39, 0.29) is 11.3 Å². The van der Waals surface area contributed by atoms with Crippen LogP contribution in [0.1, 0.15) is 53.5 Å². The van der Waals surface area contributed by atoms with Crippen molar-refractivity contribution in [2.24, 2.45) is 0 Å². The summed E-state index contributed by atoms with van der Waals surface area (Å²) in [5.41, 5.74) is 5.47. The van der Waals surface area contributed by atoms with Gasteiger partial charge in [0.2, 0.25) is 0 Å². The Hall–Kier alpha value is -2.73. The topological polar surface area (TPSA) is 64.0 Å². The van der Waals surface area contributed by atoms with E-state index < -0.39 is 10.8 Å². The third-order valence-corrected chi connectivity index (χ3v) is 6.40. The highest BCUT2D eigenvalue weighted by molar-refractivity contribution is 7.83. The number of anilines is 1. The van der Waals surface area contributed by atoms with Gasteiger partial charge in [0.25, 0.3) is 5.91 Å². The van der Waals surface area contributed by atoms with E-state index in [2.05, 4.69) is 31.2 Å². The molecule has 5 nitrogen and oxygen atoms in total. The lowest BCUT2D eigenvalue weighted by atomic mass is 9.87. The van der Waals surface area contributed by atoms with Gasteiger partial charge in [-0.1, -0.05) is 50.6 Å². The van der Waals surface area contributed by atoms with E-state index in [1.54, 1.807) is 4.68 Å². The van der Waals surface area contributed by atoms with E-state index >= 15 is 0 Å². The molecule has 2 heterocycles. The summed E-state index contributed by atoms with van der Waals surface area (Å²) in [5, 5.41) is 7.67. The Bertz CT molecular complexity index is 1090. The monoisotopic (exact) mass is 407 g/mol. The van der Waals surface area contributed by atoms with Gasteiger partial charge in [-0.05, 0) is 42.2 Å². The molecule has 4 rings (SSSR count). The molecule has 150 valence electrons. The van der Waals surface area contributed by atoms with Crippen LogP contribution in [0.3, 0.4) is 0 Å². The van der Waals surface area contributed by atoms with Crippen molar-refractivity contribution >= 4 is 22.5 Å². The second-order valence-corrected chi connectivity index (χ2v) is 9.99. The molecule has 0 fully saturated rings. The molecule has 1 amide bonds. The fourth-order valence-corrected chi connectivity index (χ4v) is 4.69. The van der Waals surface area contributed by atoms with Crippen molar-refractivity contribution in [2.75, 3.05) is 5.32 Å². The standard InChI is InChI=1S/C23H25N3O2S/c1-15-5-11-18(12-6-15)26-21(19-13-29(28)14-20(19)25-26)24-22(27)16-7-9-17(10-8-16)23(2,3)4/h5-12H,13-14H2,1-4H3,(H,24,27)/t29-/m0/s1. The van der Waals surface area contributed by atoms with Gasteiger partial charge < -0.3 is 5.32 Å². The molecule has 0 unspecified atom stereocenters. The maximum atomic E-state index is 13.0. The van der Waals surface area contributed by atoms with Crippen molar-refractivity contribution < 1.29 is 9.00 Å². The molecule has 1 N–H and O–H groups in total. The molecule has 2 aromatic carbocycles. The minimum atomic E-state index is -0.966. The number of carbonyl (C=O) groups is 1. The van der Waals surface area contributed by atoms with E-state index in [1.165, 1.54) is 5.56 Å². The van der Waals surface area contributed by atoms with Crippen LogP contribution in [0.25, 0.3) is 5.69 Å². The SMILES string of the molecule is Cc1ccc(-n2nc3c(c2NC(=O)c2ccc(C(C)(C)C)cc2)C[S@](=O)C3)cc1. The molecule has 1 aliphatic rings. The third-order valence-electron chi connectivity index (χ3n) is 5.19. The van der Waals surface area contributed by atoms with Gasteiger partial charge >= 0.3 is 0 Å². The van der Waals surface area contributed by atoms with Crippen LogP contribution in [-0.2, 0) is 27.7 Å². The summed E-state index contributed by atoms with van der Waals surface area (Å²) in [6.45, 7) is 8.46. The van der Waals surface area contributed by atoms with Gasteiger partial charge in [-0.3, -0.25) is 9.00 Å². The Morgan fingerprint density at radius 2 is 1.69 bits per heavy atom. The number of aryl methyl sites for hydroxylation is 1. The first-order chi connectivity index (χ1) is 13.7. The van der Waals surface area contributed by atoms with Gasteiger partial charge in [-0.25, -0.2) is 4.68 Å². The molecular formula is C23H25N3O2S. The highest BCUT2D eigenvalue weighted by Crippen LogP contribution is 2.32. The molecular weight excluding hydrogens is 382 g/mol. The van der Waals surface area contributed by atoms with Gasteiger partial charge in [0.1, 0.15) is 5.82 Å². The lowest BCUT2D eigenvalue weighted by Gasteiger charge is -2.19. The van der Waals surface area contributed by atoms with Crippen molar-refractivity contribution in [3.63, 3.8) is 0 Å². The van der Waals surface area contributed by atoms with Crippen LogP contribution < -0.4 is 5.32 Å². The van der Waals surface area contributed by atoms with E-state index in [1.807, 2.05) is 55.5 Å². The Morgan fingerprint density at radius 1 is 1.03 bits per heavy atom. The molecule has 6 heteroatoms. The zero-order chi connectivity index (χ0) is 20.8. The van der Waals surface area contributed by atoms with Gasteiger partial charge in [-0.15, -0.1) is 0 Å². The molecule has 0 saturated heterocycles. The summed E-state index contributed by atoms with van der Waals surface area (Å²) in [6.07, 6.45) is 0. The molecule has 29 heavy (non-hydrogen) atoms. The maximum Gasteiger partial charge on any atom is 0.256 e. The normalized spacial score (nSPS) is 15.9. The first-order valence-electron chi connectivity index (χ1n) is 9.67. The lowest BCUT2D eigenvalue weighted by molar-refractivity contribution is 0.102. The number of aromatic nitrogens is 2. The zero-order valence-electron chi connectivity index (χ0n) is 17.2. The Balaban J connectivity index is 1.68. The van der Waals surface area contributed by atoms with E-state index in [0.29, 0.717) is 22.9 Å². The smallest absolute Gasteiger partial charge is 0.256 e. The minimum absolute atomic E-state index is 0.0317. The molecule has 0 bridgehead atoms. The van der Waals surface area contributed by atoms with Crippen molar-refractivity contribution in [3.05, 3.63) is 76.5 Å². The molecule has 0 saturated carbocycles. The molecule has 0 aliphatic carbocycles. The highest BCUT2D eigenvalue weighted by Gasteiger charge is 2.28. The maximum absolute atomic E-state index is 13.0. The van der Waals surface area contributed by atoms with E-state index in [0.717, 1.165) is 22.5 Å². The van der Waals surface area contributed by atoms with Crippen molar-refractivity contribution in [1.29, 1.82) is 0 Å². The van der Waals surface area contributed by atoms with E-state index in [9.17, 15) is 9.00 Å². The number of carbonyl (C=O) groups excluding carboxylic acids is 1. The van der Waals surface area contributed by atoms with Gasteiger partial charge in [-0.2, -0.15) is 5.10 Å². The molecule has 1 atom stereocenters. The first-order valence-corrected chi connectivity index (χ1v) is 11.2. The van der Waals surface area contributed by atoms with Gasteiger partial charge in [0.05, 0.1) is 22.9 Å². The largest absolute Gasteiger partial charge is 0.306 e. The van der Waals surface area contributed by atoms with Crippen LogP contribution in [0.5, 0.6) is 0 Å². The Labute approximate surface area is 173 Å². The zero-order valence-corrected chi connectivity index (χ0v) is 18.0. The molecule has 1 aromatic heterocycles. The summed E-state index contributed by atoms with van der Waals surface area (Å²) in [4.78, 5) is 13.0. The second-order valence-electron chi connectivity index (χ2n) is 8.53. The number of hydrogen-bond donors (Lipinski definition) is 1. The summed E-state index contributed by atoms with van der Waals surface area (Å²) < 4.78 is 13.8. The summed E-state index contributed by atoms with van der Waals surface area (Å²) >= 11 is 0. The minimum Gasteiger partial charge on any atom is -0.306 e. The van der Waals surface area contributed by atoms with Gasteiger partial charge in [0, 0.05) is 21.9 Å². The van der Waals surface area contributed by atoms with Crippen LogP contribution in [-0.4, -0.2) is 19.9 Å². The fraction of sp³-hybridized carbons (Fsp3) is 0.304. The number of benzene rings is 2. The summed E-state index contributed by atoms with van der Waals surface area (Å²) in [7, 11) is -0.966. The van der Waals surface area contributed by atoms with Crippen LogP contribution in [0.15, 0.2) is 48.5 Å². The average Bonchev–Trinajstić information content (AvgIpc) is 3.19.